The highest BCUT2D eigenvalue weighted by atomic mass is 16.2. The number of pyridine rings is 1. The molecule has 3 nitrogen and oxygen atoms in total. The average Bonchev–Trinajstić information content (AvgIpc) is 2.43. The molecule has 0 saturated carbocycles. The molecule has 2 rings (SSSR count). The van der Waals surface area contributed by atoms with Crippen molar-refractivity contribution in [1.29, 1.82) is 0 Å². The summed E-state index contributed by atoms with van der Waals surface area (Å²) in [5, 5.41) is 2.95. The Morgan fingerprint density at radius 1 is 1.10 bits per heavy atom. The van der Waals surface area contributed by atoms with Crippen LogP contribution in [0.3, 0.4) is 0 Å². The van der Waals surface area contributed by atoms with Gasteiger partial charge < -0.3 is 5.32 Å². The van der Waals surface area contributed by atoms with Gasteiger partial charge in [-0.2, -0.15) is 4.57 Å². The van der Waals surface area contributed by atoms with E-state index < -0.39 is 0 Å². The fraction of sp³-hybridized carbons (Fsp3) is 0.294. The van der Waals surface area contributed by atoms with E-state index >= 15 is 0 Å². The van der Waals surface area contributed by atoms with Crippen LogP contribution in [0.15, 0.2) is 42.6 Å². The number of amides is 1. The van der Waals surface area contributed by atoms with Gasteiger partial charge in [0.25, 0.3) is 5.91 Å². The highest BCUT2D eigenvalue weighted by Gasteiger charge is 2.24. The van der Waals surface area contributed by atoms with Crippen LogP contribution in [0.5, 0.6) is 0 Å². The lowest BCUT2D eigenvalue weighted by atomic mass is 10.2. The smallest absolute Gasteiger partial charge is 0.293 e. The summed E-state index contributed by atoms with van der Waals surface area (Å²) in [6.45, 7) is 8.03. The molecule has 1 heterocycles. The van der Waals surface area contributed by atoms with Crippen molar-refractivity contribution in [2.24, 2.45) is 0 Å². The largest absolute Gasteiger partial charge is 0.320 e. The molecule has 0 spiro atoms. The van der Waals surface area contributed by atoms with Crippen LogP contribution in [0, 0.1) is 20.8 Å². The predicted octanol–water partition coefficient (Wildman–Crippen LogP) is 3.10. The van der Waals surface area contributed by atoms with Crippen LogP contribution >= 0.6 is 0 Å². The lowest BCUT2D eigenvalue weighted by Crippen LogP contribution is -2.47. The second kappa shape index (κ2) is 5.87. The van der Waals surface area contributed by atoms with Gasteiger partial charge in [-0.05, 0) is 32.0 Å². The molecule has 0 aliphatic heterocycles. The van der Waals surface area contributed by atoms with Gasteiger partial charge in [-0.25, -0.2) is 0 Å². The Kier molecular flexibility index (Phi) is 4.18. The van der Waals surface area contributed by atoms with E-state index in [1.165, 1.54) is 11.1 Å². The van der Waals surface area contributed by atoms with Gasteiger partial charge in [-0.3, -0.25) is 4.79 Å². The van der Waals surface area contributed by atoms with Gasteiger partial charge in [0, 0.05) is 31.2 Å². The van der Waals surface area contributed by atoms with Crippen molar-refractivity contribution >= 4 is 11.6 Å². The molecule has 0 unspecified atom stereocenters. The van der Waals surface area contributed by atoms with Crippen molar-refractivity contribution in [2.75, 3.05) is 5.32 Å². The number of benzene rings is 1. The quantitative estimate of drug-likeness (QED) is 0.853. The lowest BCUT2D eigenvalue weighted by Gasteiger charge is -2.11. The Labute approximate surface area is 120 Å². The van der Waals surface area contributed by atoms with Crippen molar-refractivity contribution in [1.82, 2.24) is 0 Å². The summed E-state index contributed by atoms with van der Waals surface area (Å²) in [7, 11) is 0. The molecule has 1 atom stereocenters. The summed E-state index contributed by atoms with van der Waals surface area (Å²) >= 11 is 0. The average molecular weight is 269 g/mol. The van der Waals surface area contributed by atoms with E-state index in [1.54, 1.807) is 0 Å². The Morgan fingerprint density at radius 2 is 1.75 bits per heavy atom. The number of nitrogens with one attached hydrogen (secondary N) is 1. The van der Waals surface area contributed by atoms with Crippen molar-refractivity contribution in [3.05, 3.63) is 59.4 Å². The highest BCUT2D eigenvalue weighted by Crippen LogP contribution is 2.11. The topological polar surface area (TPSA) is 33.0 Å². The van der Waals surface area contributed by atoms with Gasteiger partial charge in [0.05, 0.1) is 0 Å². The minimum atomic E-state index is -0.240. The summed E-state index contributed by atoms with van der Waals surface area (Å²) in [6, 6.07) is 11.6. The SMILES string of the molecule is Cc1ccc(NC(=O)[C@H](C)[n+]2cccc(C)c2C)cc1. The molecule has 0 radical (unpaired) electrons. The maximum absolute atomic E-state index is 12.3. The van der Waals surface area contributed by atoms with Crippen LogP contribution in [-0.2, 0) is 4.79 Å². The first kappa shape index (κ1) is 14.3. The molecule has 0 fully saturated rings. The monoisotopic (exact) mass is 269 g/mol. The van der Waals surface area contributed by atoms with Crippen molar-refractivity contribution < 1.29 is 9.36 Å². The third-order valence-electron chi connectivity index (χ3n) is 3.67. The highest BCUT2D eigenvalue weighted by molar-refractivity contribution is 5.92. The normalized spacial score (nSPS) is 12.0. The maximum atomic E-state index is 12.3. The van der Waals surface area contributed by atoms with E-state index in [2.05, 4.69) is 18.3 Å². The zero-order valence-corrected chi connectivity index (χ0v) is 12.5. The number of aryl methyl sites for hydroxylation is 2. The first-order chi connectivity index (χ1) is 9.49. The van der Waals surface area contributed by atoms with Crippen molar-refractivity contribution in [2.45, 2.75) is 33.7 Å². The van der Waals surface area contributed by atoms with E-state index in [1.807, 2.05) is 61.9 Å². The summed E-state index contributed by atoms with van der Waals surface area (Å²) in [5.41, 5.74) is 4.31. The van der Waals surface area contributed by atoms with Crippen LogP contribution in [0.4, 0.5) is 5.69 Å². The van der Waals surface area contributed by atoms with Crippen LogP contribution in [0.1, 0.15) is 29.8 Å². The number of anilines is 1. The van der Waals surface area contributed by atoms with Gasteiger partial charge in [-0.15, -0.1) is 0 Å². The van der Waals surface area contributed by atoms with E-state index in [0.29, 0.717) is 0 Å². The van der Waals surface area contributed by atoms with Gasteiger partial charge in [0.1, 0.15) is 0 Å². The van der Waals surface area contributed by atoms with E-state index in [4.69, 9.17) is 0 Å². The number of carbonyl (C=O) groups is 1. The molecule has 1 aromatic carbocycles. The third kappa shape index (κ3) is 3.05. The minimum Gasteiger partial charge on any atom is -0.320 e. The second-order valence-electron chi connectivity index (χ2n) is 5.22. The summed E-state index contributed by atoms with van der Waals surface area (Å²) in [6.07, 6.45) is 1.95. The van der Waals surface area contributed by atoms with E-state index in [-0.39, 0.29) is 11.9 Å². The van der Waals surface area contributed by atoms with Gasteiger partial charge in [0.15, 0.2) is 11.9 Å². The molecule has 104 valence electrons. The maximum Gasteiger partial charge on any atom is 0.293 e. The summed E-state index contributed by atoms with van der Waals surface area (Å²) in [5.74, 6) is -0.00690. The summed E-state index contributed by atoms with van der Waals surface area (Å²) < 4.78 is 2.00. The number of hydrogen-bond acceptors (Lipinski definition) is 1. The summed E-state index contributed by atoms with van der Waals surface area (Å²) in [4.78, 5) is 12.3. The van der Waals surface area contributed by atoms with E-state index in [0.717, 1.165) is 11.4 Å². The number of hydrogen-bond donors (Lipinski definition) is 1. The fourth-order valence-corrected chi connectivity index (χ4v) is 2.15. The molecule has 0 aliphatic rings. The molecule has 1 N–H and O–H groups in total. The fourth-order valence-electron chi connectivity index (χ4n) is 2.15. The molecule has 0 saturated heterocycles. The number of rotatable bonds is 3. The standard InChI is InChI=1S/C17H20N2O/c1-12-7-9-16(10-8-12)18-17(20)15(4)19-11-5-6-13(2)14(19)3/h5-11,15H,1-4H3/p+1/t15-/m0/s1. The van der Waals surface area contributed by atoms with Crippen LogP contribution < -0.4 is 9.88 Å². The molecular weight excluding hydrogens is 248 g/mol. The second-order valence-corrected chi connectivity index (χ2v) is 5.22. The molecule has 2 aromatic rings. The van der Waals surface area contributed by atoms with Crippen LogP contribution in [0.2, 0.25) is 0 Å². The van der Waals surface area contributed by atoms with Gasteiger partial charge >= 0.3 is 0 Å². The molecule has 1 amide bonds. The predicted molar refractivity (Wildman–Crippen MR) is 80.6 cm³/mol. The molecular formula is C17H21N2O+. The molecule has 20 heavy (non-hydrogen) atoms. The Balaban J connectivity index is 2.16. The Bertz CT molecular complexity index is 617. The molecule has 1 aromatic heterocycles. The first-order valence-corrected chi connectivity index (χ1v) is 6.84. The van der Waals surface area contributed by atoms with Crippen LogP contribution in [-0.4, -0.2) is 5.91 Å². The Hall–Kier alpha value is -2.16. The number of aromatic nitrogens is 1. The zero-order valence-electron chi connectivity index (χ0n) is 12.5. The lowest BCUT2D eigenvalue weighted by molar-refractivity contribution is -0.711. The number of nitrogens with zero attached hydrogens (tertiary/aromatic N) is 1. The zero-order chi connectivity index (χ0) is 14.7. The van der Waals surface area contributed by atoms with Crippen molar-refractivity contribution in [3.8, 4) is 0 Å². The van der Waals surface area contributed by atoms with E-state index in [9.17, 15) is 4.79 Å². The molecule has 0 aliphatic carbocycles. The third-order valence-corrected chi connectivity index (χ3v) is 3.67. The molecule has 0 bridgehead atoms. The first-order valence-electron chi connectivity index (χ1n) is 6.84. The van der Waals surface area contributed by atoms with Gasteiger partial charge in [0.2, 0.25) is 6.04 Å². The Morgan fingerprint density at radius 3 is 2.40 bits per heavy atom. The minimum absolute atomic E-state index is 0.00690. The number of carbonyl (C=O) groups excluding carboxylic acids is 1. The van der Waals surface area contributed by atoms with Gasteiger partial charge in [-0.1, -0.05) is 17.7 Å². The van der Waals surface area contributed by atoms with Crippen molar-refractivity contribution in [3.63, 3.8) is 0 Å². The molecule has 3 heteroatoms. The van der Waals surface area contributed by atoms with Crippen LogP contribution in [0.25, 0.3) is 0 Å².